The first-order chi connectivity index (χ1) is 18.4. The maximum Gasteiger partial charge on any atom is 1.00 e. The third kappa shape index (κ3) is 7.29. The molecule has 0 bridgehead atoms. The van der Waals surface area contributed by atoms with Crippen molar-refractivity contribution in [1.82, 2.24) is 13.9 Å². The van der Waals surface area contributed by atoms with E-state index >= 15 is 0 Å². The van der Waals surface area contributed by atoms with Crippen LogP contribution in [0.25, 0.3) is 11.0 Å². The average Bonchev–Trinajstić information content (AvgIpc) is 3.28. The minimum Gasteiger partial charge on any atom is -1.00 e. The molecule has 0 radical (unpaired) electrons. The van der Waals surface area contributed by atoms with Crippen LogP contribution < -0.4 is 34.3 Å². The van der Waals surface area contributed by atoms with Crippen molar-refractivity contribution in [2.24, 2.45) is 0 Å². The standard InChI is InChI=1S/C25H22F3N3O6S2.Na.H/c1-16-20(29-13-12-22(16)37-15-25(26,27)28)14-38(34)24-30-19-4-2-3-5-21(19)31(24)39(35,36)18-9-6-17(7-10-18)8-11-23(32)33;;/h2-7,9-10,12-13H,8,11,14-15H2,1H3,(H,32,33);;/q;+1;-1. The molecule has 4 rings (SSSR count). The van der Waals surface area contributed by atoms with Gasteiger partial charge >= 0.3 is 41.7 Å². The zero-order valence-corrected chi connectivity index (χ0v) is 25.0. The topological polar surface area (TPSA) is 128 Å². The number of halogens is 3. The first-order valence-electron chi connectivity index (χ1n) is 11.4. The van der Waals surface area contributed by atoms with E-state index in [-0.39, 0.29) is 87.7 Å². The number of rotatable bonds is 10. The van der Waals surface area contributed by atoms with E-state index in [2.05, 4.69) is 9.97 Å². The molecular formula is C25H23F3N3NaO6S2. The number of nitrogens with zero attached hydrogens (tertiary/aromatic N) is 3. The number of ether oxygens (including phenoxy) is 1. The molecule has 1 N–H and O–H groups in total. The van der Waals surface area contributed by atoms with Crippen molar-refractivity contribution in [3.8, 4) is 5.75 Å². The van der Waals surface area contributed by atoms with Gasteiger partial charge in [-0.3, -0.25) is 14.0 Å². The minimum atomic E-state index is -4.55. The molecule has 0 aliphatic carbocycles. The Hall–Kier alpha value is -2.78. The van der Waals surface area contributed by atoms with Gasteiger partial charge in [0, 0.05) is 18.2 Å². The average molecular weight is 606 g/mol. The first kappa shape index (κ1) is 31.7. The molecule has 9 nitrogen and oxygen atoms in total. The summed E-state index contributed by atoms with van der Waals surface area (Å²) in [5, 5.41) is 8.59. The van der Waals surface area contributed by atoms with Crippen molar-refractivity contribution in [2.45, 2.75) is 41.7 Å². The van der Waals surface area contributed by atoms with Crippen LogP contribution in [0.1, 0.15) is 24.7 Å². The molecule has 40 heavy (non-hydrogen) atoms. The maximum atomic E-state index is 13.7. The number of imidazole rings is 1. The van der Waals surface area contributed by atoms with E-state index in [0.29, 0.717) is 5.56 Å². The van der Waals surface area contributed by atoms with Gasteiger partial charge in [-0.15, -0.1) is 0 Å². The largest absolute Gasteiger partial charge is 1.00 e. The summed E-state index contributed by atoms with van der Waals surface area (Å²) in [6.07, 6.45) is -3.22. The second-order valence-electron chi connectivity index (χ2n) is 8.46. The summed E-state index contributed by atoms with van der Waals surface area (Å²) in [6, 6.07) is 13.3. The maximum absolute atomic E-state index is 13.7. The fourth-order valence-corrected chi connectivity index (χ4v) is 6.80. The smallest absolute Gasteiger partial charge is 1.00 e. The Labute approximate surface area is 253 Å². The van der Waals surface area contributed by atoms with Gasteiger partial charge in [0.05, 0.1) is 38.2 Å². The molecule has 0 spiro atoms. The Kier molecular flexibility index (Phi) is 10.2. The van der Waals surface area contributed by atoms with Crippen LogP contribution in [0.4, 0.5) is 13.2 Å². The Morgan fingerprint density at radius 2 is 1.80 bits per heavy atom. The number of aliphatic carboxylic acids is 1. The normalized spacial score (nSPS) is 12.6. The SMILES string of the molecule is Cc1c(OCC(F)(F)F)ccnc1CS(=O)c1nc2ccccc2n1S(=O)(=O)c1ccc(CCC(=O)O)cc1.[H-].[Na+]. The number of alkyl halides is 3. The summed E-state index contributed by atoms with van der Waals surface area (Å²) >= 11 is 0. The molecule has 2 heterocycles. The van der Waals surface area contributed by atoms with Crippen LogP contribution in [0.2, 0.25) is 0 Å². The number of aryl methyl sites for hydroxylation is 1. The third-order valence-electron chi connectivity index (χ3n) is 5.70. The van der Waals surface area contributed by atoms with Crippen molar-refractivity contribution in [2.75, 3.05) is 6.61 Å². The number of carboxylic acids is 1. The Bertz CT molecular complexity index is 1670. The number of carboxylic acid groups (broad SMARTS) is 1. The molecule has 0 fully saturated rings. The summed E-state index contributed by atoms with van der Waals surface area (Å²) in [5.74, 6) is -1.40. The second-order valence-corrected chi connectivity index (χ2v) is 11.6. The van der Waals surface area contributed by atoms with E-state index < -0.39 is 39.6 Å². The monoisotopic (exact) mass is 605 g/mol. The van der Waals surface area contributed by atoms with E-state index in [1.54, 1.807) is 18.2 Å². The van der Waals surface area contributed by atoms with Crippen LogP contribution in [0, 0.1) is 6.92 Å². The molecule has 15 heteroatoms. The summed E-state index contributed by atoms with van der Waals surface area (Å²) in [5.41, 5.74) is 1.48. The van der Waals surface area contributed by atoms with Crippen LogP contribution >= 0.6 is 0 Å². The Morgan fingerprint density at radius 3 is 2.45 bits per heavy atom. The predicted molar refractivity (Wildman–Crippen MR) is 136 cm³/mol. The van der Waals surface area contributed by atoms with Crippen LogP contribution in [0.3, 0.4) is 0 Å². The van der Waals surface area contributed by atoms with Crippen LogP contribution in [0.5, 0.6) is 5.75 Å². The van der Waals surface area contributed by atoms with Gasteiger partial charge in [-0.1, -0.05) is 24.3 Å². The Balaban J connectivity index is 0.00000294. The molecule has 0 aliphatic rings. The number of benzene rings is 2. The quantitative estimate of drug-likeness (QED) is 0.269. The molecule has 0 aliphatic heterocycles. The van der Waals surface area contributed by atoms with Crippen molar-refractivity contribution >= 4 is 37.8 Å². The molecule has 0 saturated carbocycles. The number of carbonyl (C=O) groups is 1. The van der Waals surface area contributed by atoms with E-state index in [4.69, 9.17) is 9.84 Å². The van der Waals surface area contributed by atoms with Gasteiger partial charge in [0.1, 0.15) is 5.75 Å². The summed E-state index contributed by atoms with van der Waals surface area (Å²) in [7, 11) is -6.39. The number of aromatic nitrogens is 3. The third-order valence-corrected chi connectivity index (χ3v) is 8.75. The number of fused-ring (bicyclic) bond motifs is 1. The van der Waals surface area contributed by atoms with Crippen LogP contribution in [0.15, 0.2) is 70.8 Å². The van der Waals surface area contributed by atoms with E-state index in [0.717, 1.165) is 3.97 Å². The van der Waals surface area contributed by atoms with Crippen molar-refractivity contribution < 1.29 is 71.4 Å². The fourth-order valence-electron chi connectivity index (χ4n) is 3.75. The molecule has 2 aromatic carbocycles. The van der Waals surface area contributed by atoms with Gasteiger partial charge in [0.25, 0.3) is 10.0 Å². The molecule has 1 unspecified atom stereocenters. The number of hydrogen-bond acceptors (Lipinski definition) is 7. The van der Waals surface area contributed by atoms with Gasteiger partial charge in [-0.2, -0.15) is 13.2 Å². The summed E-state index contributed by atoms with van der Waals surface area (Å²) in [4.78, 5) is 19.1. The molecule has 208 valence electrons. The minimum absolute atomic E-state index is 0. The van der Waals surface area contributed by atoms with Crippen LogP contribution in [-0.2, 0) is 37.8 Å². The zero-order valence-electron chi connectivity index (χ0n) is 22.4. The number of hydrogen-bond donors (Lipinski definition) is 1. The second kappa shape index (κ2) is 12.8. The van der Waals surface area contributed by atoms with Gasteiger partial charge in [0.15, 0.2) is 6.61 Å². The van der Waals surface area contributed by atoms with Crippen molar-refractivity contribution in [3.63, 3.8) is 0 Å². The Morgan fingerprint density at radius 1 is 1.12 bits per heavy atom. The van der Waals surface area contributed by atoms with Crippen LogP contribution in [-0.4, -0.2) is 50.4 Å². The molecule has 4 aromatic rings. The van der Waals surface area contributed by atoms with E-state index in [1.165, 1.54) is 49.5 Å². The van der Waals surface area contributed by atoms with E-state index in [1.807, 2.05) is 0 Å². The molecule has 1 atom stereocenters. The van der Waals surface area contributed by atoms with Gasteiger partial charge in [0.2, 0.25) is 5.16 Å². The van der Waals surface area contributed by atoms with Gasteiger partial charge < -0.3 is 11.3 Å². The van der Waals surface area contributed by atoms with Gasteiger partial charge in [-0.25, -0.2) is 17.4 Å². The van der Waals surface area contributed by atoms with Crippen molar-refractivity contribution in [3.05, 3.63) is 77.6 Å². The molecule has 0 saturated heterocycles. The molecule has 2 aromatic heterocycles. The number of para-hydroxylation sites is 2. The molecule has 0 amide bonds. The van der Waals surface area contributed by atoms with E-state index in [9.17, 15) is 30.6 Å². The first-order valence-corrected chi connectivity index (χ1v) is 14.2. The predicted octanol–water partition coefficient (Wildman–Crippen LogP) is 1.36. The summed E-state index contributed by atoms with van der Waals surface area (Å²) < 4.78 is 84.5. The zero-order chi connectivity index (χ0) is 28.4. The summed E-state index contributed by atoms with van der Waals surface area (Å²) in [6.45, 7) is -0.0413. The number of pyridine rings is 1. The van der Waals surface area contributed by atoms with Gasteiger partial charge in [-0.05, 0) is 49.2 Å². The molecular weight excluding hydrogens is 582 g/mol. The fraction of sp³-hybridized carbons (Fsp3) is 0.240. The van der Waals surface area contributed by atoms with Crippen molar-refractivity contribution in [1.29, 1.82) is 0 Å².